The first-order chi connectivity index (χ1) is 9.41. The number of halogens is 2. The van der Waals surface area contributed by atoms with Crippen molar-refractivity contribution in [2.45, 2.75) is 20.3 Å². The molecule has 112 valence electrons. The summed E-state index contributed by atoms with van der Waals surface area (Å²) < 4.78 is 5.43. The molecule has 0 bridgehead atoms. The lowest BCUT2D eigenvalue weighted by molar-refractivity contribution is -0.383. The Morgan fingerprint density at radius 2 is 2.00 bits per heavy atom. The largest absolute Gasteiger partial charge is 0.381 e. The van der Waals surface area contributed by atoms with Gasteiger partial charge in [-0.05, 0) is 18.4 Å². The van der Waals surface area contributed by atoms with Gasteiger partial charge in [-0.25, -0.2) is 0 Å². The van der Waals surface area contributed by atoms with Crippen LogP contribution >= 0.6 is 23.2 Å². The van der Waals surface area contributed by atoms with Gasteiger partial charge < -0.3 is 10.1 Å². The highest BCUT2D eigenvalue weighted by molar-refractivity contribution is 6.42. The van der Waals surface area contributed by atoms with E-state index < -0.39 is 4.92 Å². The highest BCUT2D eigenvalue weighted by atomic mass is 35.5. The molecule has 0 saturated carbocycles. The summed E-state index contributed by atoms with van der Waals surface area (Å²) in [7, 11) is 0. The fourth-order valence-electron chi connectivity index (χ4n) is 1.55. The van der Waals surface area contributed by atoms with Crippen LogP contribution in [0.4, 0.5) is 11.4 Å². The average Bonchev–Trinajstić information content (AvgIpc) is 2.36. The number of benzene rings is 1. The van der Waals surface area contributed by atoms with Gasteiger partial charge >= 0.3 is 0 Å². The Balaban J connectivity index is 2.51. The van der Waals surface area contributed by atoms with Crippen molar-refractivity contribution >= 4 is 34.6 Å². The number of nitro benzene ring substituents is 1. The highest BCUT2D eigenvalue weighted by Crippen LogP contribution is 2.33. The van der Waals surface area contributed by atoms with E-state index in [-0.39, 0.29) is 15.7 Å². The standard InChI is InChI=1S/C13H18Cl2N2O3/c1-9(2)8-20-5-3-4-16-12-6-10(14)11(15)7-13(12)17(18)19/h6-7,9,16H,3-5,8H2,1-2H3. The summed E-state index contributed by atoms with van der Waals surface area (Å²) in [4.78, 5) is 10.4. The van der Waals surface area contributed by atoms with E-state index in [4.69, 9.17) is 27.9 Å². The summed E-state index contributed by atoms with van der Waals surface area (Å²) in [5, 5.41) is 14.4. The second-order valence-corrected chi connectivity index (χ2v) is 5.60. The summed E-state index contributed by atoms with van der Waals surface area (Å²) in [5.41, 5.74) is 0.288. The molecular formula is C13H18Cl2N2O3. The molecule has 0 saturated heterocycles. The van der Waals surface area contributed by atoms with E-state index in [0.29, 0.717) is 31.4 Å². The summed E-state index contributed by atoms with van der Waals surface area (Å²) in [5.74, 6) is 0.499. The maximum Gasteiger partial charge on any atom is 0.293 e. The molecule has 0 aliphatic carbocycles. The lowest BCUT2D eigenvalue weighted by Gasteiger charge is -2.09. The minimum absolute atomic E-state index is 0.0810. The van der Waals surface area contributed by atoms with E-state index in [1.165, 1.54) is 12.1 Å². The van der Waals surface area contributed by atoms with Gasteiger partial charge in [-0.15, -0.1) is 0 Å². The van der Waals surface area contributed by atoms with E-state index in [1.54, 1.807) is 0 Å². The van der Waals surface area contributed by atoms with Gasteiger partial charge in [0.25, 0.3) is 5.69 Å². The van der Waals surface area contributed by atoms with Gasteiger partial charge in [0.15, 0.2) is 0 Å². The van der Waals surface area contributed by atoms with Gasteiger partial charge in [0, 0.05) is 25.8 Å². The molecule has 0 amide bonds. The minimum Gasteiger partial charge on any atom is -0.381 e. The fraction of sp³-hybridized carbons (Fsp3) is 0.538. The molecule has 0 aliphatic rings. The van der Waals surface area contributed by atoms with Crippen molar-refractivity contribution in [3.05, 3.63) is 32.3 Å². The predicted molar refractivity (Wildman–Crippen MR) is 81.9 cm³/mol. The Hall–Kier alpha value is -1.04. The highest BCUT2D eigenvalue weighted by Gasteiger charge is 2.16. The first-order valence-corrected chi connectivity index (χ1v) is 7.12. The Kier molecular flexibility index (Phi) is 7.05. The Morgan fingerprint density at radius 3 is 2.60 bits per heavy atom. The molecule has 1 aromatic rings. The van der Waals surface area contributed by atoms with E-state index in [1.807, 2.05) is 0 Å². The van der Waals surface area contributed by atoms with Crippen LogP contribution in [0.5, 0.6) is 0 Å². The second kappa shape index (κ2) is 8.29. The maximum atomic E-state index is 10.9. The molecule has 0 aromatic heterocycles. The molecule has 5 nitrogen and oxygen atoms in total. The lowest BCUT2D eigenvalue weighted by atomic mass is 10.2. The van der Waals surface area contributed by atoms with Gasteiger partial charge in [0.1, 0.15) is 5.69 Å². The summed E-state index contributed by atoms with van der Waals surface area (Å²) in [6, 6.07) is 2.72. The third-order valence-corrected chi connectivity index (χ3v) is 3.19. The summed E-state index contributed by atoms with van der Waals surface area (Å²) in [6.07, 6.45) is 0.754. The first kappa shape index (κ1) is 17.0. The maximum absolute atomic E-state index is 10.9. The zero-order chi connectivity index (χ0) is 15.1. The Labute approximate surface area is 128 Å². The molecule has 0 unspecified atom stereocenters. The predicted octanol–water partition coefficient (Wildman–Crippen LogP) is 4.38. The van der Waals surface area contributed by atoms with E-state index >= 15 is 0 Å². The molecule has 0 aliphatic heterocycles. The van der Waals surface area contributed by atoms with Crippen molar-refractivity contribution in [3.63, 3.8) is 0 Å². The molecule has 0 fully saturated rings. The summed E-state index contributed by atoms with van der Waals surface area (Å²) >= 11 is 11.6. The third kappa shape index (κ3) is 5.53. The van der Waals surface area contributed by atoms with Crippen molar-refractivity contribution < 1.29 is 9.66 Å². The lowest BCUT2D eigenvalue weighted by Crippen LogP contribution is -2.09. The van der Waals surface area contributed by atoms with Crippen molar-refractivity contribution in [2.75, 3.05) is 25.1 Å². The summed E-state index contributed by atoms with van der Waals surface area (Å²) in [6.45, 7) is 6.05. The number of nitrogens with one attached hydrogen (secondary N) is 1. The molecule has 0 heterocycles. The van der Waals surface area contributed by atoms with Crippen LogP contribution < -0.4 is 5.32 Å². The Bertz CT molecular complexity index is 467. The Morgan fingerprint density at radius 1 is 1.35 bits per heavy atom. The smallest absolute Gasteiger partial charge is 0.293 e. The molecule has 1 N–H and O–H groups in total. The van der Waals surface area contributed by atoms with Gasteiger partial charge in [-0.1, -0.05) is 37.0 Å². The zero-order valence-electron chi connectivity index (χ0n) is 11.5. The molecular weight excluding hydrogens is 303 g/mol. The van der Waals surface area contributed by atoms with E-state index in [0.717, 1.165) is 6.42 Å². The molecule has 0 atom stereocenters. The van der Waals surface area contributed by atoms with E-state index in [2.05, 4.69) is 19.2 Å². The molecule has 0 radical (unpaired) electrons. The first-order valence-electron chi connectivity index (χ1n) is 6.37. The quantitative estimate of drug-likeness (QED) is 0.438. The average molecular weight is 321 g/mol. The van der Waals surface area contributed by atoms with Gasteiger partial charge in [-0.3, -0.25) is 10.1 Å². The van der Waals surface area contributed by atoms with Crippen LogP contribution in [0.3, 0.4) is 0 Å². The van der Waals surface area contributed by atoms with Crippen molar-refractivity contribution in [1.82, 2.24) is 0 Å². The monoisotopic (exact) mass is 320 g/mol. The zero-order valence-corrected chi connectivity index (χ0v) is 13.0. The van der Waals surface area contributed by atoms with Crippen LogP contribution in [-0.2, 0) is 4.74 Å². The number of nitrogens with zero attached hydrogens (tertiary/aromatic N) is 1. The van der Waals surface area contributed by atoms with Crippen molar-refractivity contribution in [2.24, 2.45) is 5.92 Å². The van der Waals surface area contributed by atoms with Crippen molar-refractivity contribution in [3.8, 4) is 0 Å². The third-order valence-electron chi connectivity index (χ3n) is 2.47. The van der Waals surface area contributed by atoms with Crippen LogP contribution in [-0.4, -0.2) is 24.7 Å². The number of hydrogen-bond donors (Lipinski definition) is 1. The number of hydrogen-bond acceptors (Lipinski definition) is 4. The number of anilines is 1. The van der Waals surface area contributed by atoms with Gasteiger partial charge in [0.05, 0.1) is 15.0 Å². The van der Waals surface area contributed by atoms with Crippen LogP contribution in [0.1, 0.15) is 20.3 Å². The van der Waals surface area contributed by atoms with Gasteiger partial charge in [-0.2, -0.15) is 0 Å². The van der Waals surface area contributed by atoms with Gasteiger partial charge in [0.2, 0.25) is 0 Å². The topological polar surface area (TPSA) is 64.4 Å². The van der Waals surface area contributed by atoms with Crippen LogP contribution in [0.25, 0.3) is 0 Å². The molecule has 1 rings (SSSR count). The second-order valence-electron chi connectivity index (χ2n) is 4.79. The van der Waals surface area contributed by atoms with Crippen LogP contribution in [0.15, 0.2) is 12.1 Å². The fourth-order valence-corrected chi connectivity index (χ4v) is 1.87. The van der Waals surface area contributed by atoms with Crippen molar-refractivity contribution in [1.29, 1.82) is 0 Å². The number of rotatable bonds is 8. The SMILES string of the molecule is CC(C)COCCCNc1cc(Cl)c(Cl)cc1[N+](=O)[O-]. The number of nitro groups is 1. The molecule has 0 spiro atoms. The molecule has 7 heteroatoms. The normalized spacial score (nSPS) is 10.8. The molecule has 20 heavy (non-hydrogen) atoms. The van der Waals surface area contributed by atoms with Crippen LogP contribution in [0.2, 0.25) is 10.0 Å². The molecule has 1 aromatic carbocycles. The van der Waals surface area contributed by atoms with E-state index in [9.17, 15) is 10.1 Å². The minimum atomic E-state index is -0.486. The van der Waals surface area contributed by atoms with Crippen LogP contribution in [0, 0.1) is 16.0 Å². The number of ether oxygens (including phenoxy) is 1.